The summed E-state index contributed by atoms with van der Waals surface area (Å²) in [6.45, 7) is 16.0. The van der Waals surface area contributed by atoms with E-state index in [-0.39, 0.29) is 0 Å². The zero-order valence-electron chi connectivity index (χ0n) is 20.3. The van der Waals surface area contributed by atoms with Crippen molar-refractivity contribution >= 4 is 0 Å². The van der Waals surface area contributed by atoms with Crippen molar-refractivity contribution in [2.75, 3.05) is 0 Å². The molecular weight excluding hydrogens is 336 g/mol. The molecule has 0 amide bonds. The minimum atomic E-state index is 0.902. The minimum absolute atomic E-state index is 0.902. The van der Waals surface area contributed by atoms with Gasteiger partial charge in [-0.05, 0) is 94.1 Å². The number of hydrogen-bond donors (Lipinski definition) is 0. The molecule has 0 bridgehead atoms. The first-order chi connectivity index (χ1) is 13.5. The van der Waals surface area contributed by atoms with E-state index in [2.05, 4.69) is 66.7 Å². The average molecular weight is 387 g/mol. The van der Waals surface area contributed by atoms with Crippen LogP contribution in [0.2, 0.25) is 0 Å². The summed E-state index contributed by atoms with van der Waals surface area (Å²) in [4.78, 5) is 0. The van der Waals surface area contributed by atoms with Gasteiger partial charge in [0.05, 0.1) is 0 Å². The topological polar surface area (TPSA) is 0 Å². The summed E-state index contributed by atoms with van der Waals surface area (Å²) in [6.07, 6.45) is 22.2. The van der Waals surface area contributed by atoms with Gasteiger partial charge in [-0.15, -0.1) is 0 Å². The van der Waals surface area contributed by atoms with Gasteiger partial charge in [-0.3, -0.25) is 0 Å². The first kappa shape index (κ1) is 25.3. The van der Waals surface area contributed by atoms with Crippen molar-refractivity contribution in [2.24, 2.45) is 23.7 Å². The van der Waals surface area contributed by atoms with Crippen molar-refractivity contribution < 1.29 is 0 Å². The minimum Gasteiger partial charge on any atom is -0.0887 e. The lowest BCUT2D eigenvalue weighted by molar-refractivity contribution is 0.0739. The Morgan fingerprint density at radius 1 is 1.07 bits per heavy atom. The van der Waals surface area contributed by atoms with Gasteiger partial charge >= 0.3 is 0 Å². The highest BCUT2D eigenvalue weighted by molar-refractivity contribution is 5.43. The quantitative estimate of drug-likeness (QED) is 0.293. The Morgan fingerprint density at radius 2 is 1.75 bits per heavy atom. The molecule has 0 nitrogen and oxygen atoms in total. The maximum atomic E-state index is 2.52. The van der Waals surface area contributed by atoms with Crippen LogP contribution < -0.4 is 0 Å². The summed E-state index contributed by atoms with van der Waals surface area (Å²) < 4.78 is 0. The zero-order chi connectivity index (χ0) is 20.9. The van der Waals surface area contributed by atoms with Crippen LogP contribution in [0.3, 0.4) is 0 Å². The lowest BCUT2D eigenvalue weighted by atomic mass is 9.62. The van der Waals surface area contributed by atoms with Crippen LogP contribution in [0.1, 0.15) is 119 Å². The van der Waals surface area contributed by atoms with Crippen LogP contribution in [0, 0.1) is 23.7 Å². The molecule has 0 radical (unpaired) electrons. The standard InChI is InChI=1S/C24H40.C4H10/c1-6-9-24(20(5)13-12-18(3)7-2)23-16-21(17-23)10-8-11-22-15-14-19(22)4;1-3-4-2/h7,14-15,20-21,23-24H,6,8-13,16-17H2,1-5H3;3-4H2,1-2H3/b18-7+;. The van der Waals surface area contributed by atoms with Crippen LogP contribution in [-0.4, -0.2) is 0 Å². The maximum Gasteiger partial charge on any atom is -0.0276 e. The summed E-state index contributed by atoms with van der Waals surface area (Å²) in [5, 5.41) is 0. The van der Waals surface area contributed by atoms with Crippen LogP contribution in [0.4, 0.5) is 0 Å². The first-order valence-corrected chi connectivity index (χ1v) is 12.5. The molecule has 0 heteroatoms. The summed E-state index contributed by atoms with van der Waals surface area (Å²) in [6, 6.07) is 0. The highest BCUT2D eigenvalue weighted by Gasteiger charge is 2.36. The Labute approximate surface area is 178 Å². The molecule has 2 atom stereocenters. The molecule has 0 aromatic rings. The van der Waals surface area contributed by atoms with E-state index in [0.717, 1.165) is 23.7 Å². The molecule has 0 spiro atoms. The Balaban J connectivity index is 0.000000892. The van der Waals surface area contributed by atoms with Crippen LogP contribution in [0.25, 0.3) is 0 Å². The second-order valence-electron chi connectivity index (χ2n) is 9.63. The molecule has 0 aliphatic heterocycles. The highest BCUT2D eigenvalue weighted by atomic mass is 14.4. The van der Waals surface area contributed by atoms with E-state index < -0.39 is 0 Å². The molecule has 1 saturated carbocycles. The molecule has 28 heavy (non-hydrogen) atoms. The summed E-state index contributed by atoms with van der Waals surface area (Å²) >= 11 is 0. The van der Waals surface area contributed by atoms with E-state index in [0.29, 0.717) is 0 Å². The van der Waals surface area contributed by atoms with Crippen molar-refractivity contribution in [3.05, 3.63) is 34.9 Å². The van der Waals surface area contributed by atoms with Crippen molar-refractivity contribution in [3.63, 3.8) is 0 Å². The van der Waals surface area contributed by atoms with Gasteiger partial charge in [0.2, 0.25) is 0 Å². The third-order valence-corrected chi connectivity index (χ3v) is 7.32. The normalized spacial score (nSPS) is 23.5. The fourth-order valence-electron chi connectivity index (χ4n) is 4.73. The van der Waals surface area contributed by atoms with Crippen LogP contribution in [0.15, 0.2) is 34.9 Å². The molecule has 2 aliphatic carbocycles. The molecule has 1 fully saturated rings. The Bertz CT molecular complexity index is 496. The van der Waals surface area contributed by atoms with Gasteiger partial charge in [0.15, 0.2) is 0 Å². The molecule has 0 aromatic carbocycles. The van der Waals surface area contributed by atoms with Gasteiger partial charge in [0, 0.05) is 0 Å². The van der Waals surface area contributed by atoms with Crippen molar-refractivity contribution in [1.82, 2.24) is 0 Å². The molecule has 2 unspecified atom stereocenters. The number of rotatable bonds is 12. The molecule has 2 aliphatic rings. The summed E-state index contributed by atoms with van der Waals surface area (Å²) in [5.74, 6) is 3.94. The van der Waals surface area contributed by atoms with E-state index in [4.69, 9.17) is 0 Å². The Kier molecular flexibility index (Phi) is 12.8. The fraction of sp³-hybridized carbons (Fsp3) is 0.786. The van der Waals surface area contributed by atoms with Gasteiger partial charge in [0.25, 0.3) is 0 Å². The number of unbranched alkanes of at least 4 members (excludes halogenated alkanes) is 1. The van der Waals surface area contributed by atoms with Crippen molar-refractivity contribution in [3.8, 4) is 0 Å². The van der Waals surface area contributed by atoms with Gasteiger partial charge in [-0.1, -0.05) is 83.6 Å². The largest absolute Gasteiger partial charge is 0.0887 e. The van der Waals surface area contributed by atoms with Gasteiger partial charge in [-0.25, -0.2) is 0 Å². The predicted octanol–water partition coefficient (Wildman–Crippen LogP) is 9.67. The van der Waals surface area contributed by atoms with Crippen LogP contribution >= 0.6 is 0 Å². The predicted molar refractivity (Wildman–Crippen MR) is 129 cm³/mol. The summed E-state index contributed by atoms with van der Waals surface area (Å²) in [5.41, 5.74) is 4.70. The lowest BCUT2D eigenvalue weighted by Gasteiger charge is -2.43. The fourth-order valence-corrected chi connectivity index (χ4v) is 4.73. The molecule has 162 valence electrons. The Hall–Kier alpha value is -0.780. The van der Waals surface area contributed by atoms with Crippen LogP contribution in [0.5, 0.6) is 0 Å². The van der Waals surface area contributed by atoms with Crippen molar-refractivity contribution in [1.29, 1.82) is 0 Å². The molecule has 2 rings (SSSR count). The Morgan fingerprint density at radius 3 is 2.21 bits per heavy atom. The second-order valence-corrected chi connectivity index (χ2v) is 9.63. The monoisotopic (exact) mass is 386 g/mol. The van der Waals surface area contributed by atoms with E-state index in [1.54, 1.807) is 11.1 Å². The third-order valence-electron chi connectivity index (χ3n) is 7.32. The second kappa shape index (κ2) is 14.2. The SMILES string of the molecule is C/C=C(\C)CCC(C)C(CCC)C1CC(CCCC2=C(C)C=C2)C1.CCCC. The van der Waals surface area contributed by atoms with E-state index in [9.17, 15) is 0 Å². The average Bonchev–Trinajstić information content (AvgIpc) is 2.67. The van der Waals surface area contributed by atoms with Crippen molar-refractivity contribution in [2.45, 2.75) is 119 Å². The highest BCUT2D eigenvalue weighted by Crippen LogP contribution is 2.46. The third kappa shape index (κ3) is 8.71. The summed E-state index contributed by atoms with van der Waals surface area (Å²) in [7, 11) is 0. The van der Waals surface area contributed by atoms with E-state index >= 15 is 0 Å². The zero-order valence-corrected chi connectivity index (χ0v) is 20.3. The number of hydrogen-bond acceptors (Lipinski definition) is 0. The van der Waals surface area contributed by atoms with Crippen LogP contribution in [-0.2, 0) is 0 Å². The molecular formula is C28H50. The molecule has 0 N–H and O–H groups in total. The van der Waals surface area contributed by atoms with Gasteiger partial charge in [0.1, 0.15) is 0 Å². The van der Waals surface area contributed by atoms with Gasteiger partial charge < -0.3 is 0 Å². The smallest absolute Gasteiger partial charge is 0.0276 e. The van der Waals surface area contributed by atoms with E-state index in [1.807, 2.05) is 0 Å². The number of allylic oxidation sites excluding steroid dienone is 6. The molecule has 0 heterocycles. The molecule has 0 aromatic heterocycles. The van der Waals surface area contributed by atoms with E-state index in [1.165, 1.54) is 76.2 Å². The molecule has 0 saturated heterocycles. The lowest BCUT2D eigenvalue weighted by Crippen LogP contribution is -2.33. The maximum absolute atomic E-state index is 2.52. The first-order valence-electron chi connectivity index (χ1n) is 12.5. The van der Waals surface area contributed by atoms with Gasteiger partial charge in [-0.2, -0.15) is 0 Å².